The number of aliphatic hydroxyl groups excluding tert-OH is 3. The second kappa shape index (κ2) is 41.6. The molecule has 130 heavy (non-hydrogen) atoms. The van der Waals surface area contributed by atoms with E-state index in [2.05, 4.69) is 81.3 Å². The minimum absolute atomic E-state index is 0.0340. The quantitative estimate of drug-likeness (QED) is 0.0136. The minimum atomic E-state index is -2.30. The highest BCUT2D eigenvalue weighted by molar-refractivity contribution is 8.76. The van der Waals surface area contributed by atoms with E-state index in [1.165, 1.54) is 35.0 Å². The molecule has 1 unspecified atom stereocenters. The van der Waals surface area contributed by atoms with Crippen LogP contribution in [-0.4, -0.2) is 280 Å². The number of ether oxygens (including phenoxy) is 4. The van der Waals surface area contributed by atoms with Gasteiger partial charge >= 0.3 is 17.9 Å². The van der Waals surface area contributed by atoms with Gasteiger partial charge in [-0.25, -0.2) is 4.79 Å². The van der Waals surface area contributed by atoms with Gasteiger partial charge in [0.15, 0.2) is 6.10 Å². The number of nitrogens with zero attached hydrogens (tertiary/aromatic N) is 3. The number of para-hydroxylation sites is 2. The van der Waals surface area contributed by atoms with Gasteiger partial charge in [-0.1, -0.05) is 145 Å². The molecule has 33 nitrogen and oxygen atoms in total. The Labute approximate surface area is 763 Å². The lowest BCUT2D eigenvalue weighted by molar-refractivity contribution is -0.228. The predicted octanol–water partition coefficient (Wildman–Crippen LogP) is 3.19. The number of amides is 7. The molecule has 7 amide bonds. The van der Waals surface area contributed by atoms with Crippen molar-refractivity contribution in [3.63, 3.8) is 0 Å². The summed E-state index contributed by atoms with van der Waals surface area (Å²) >= 11 is 0. The number of aromatic nitrogens is 2. The topological polar surface area (TPSA) is 486 Å². The summed E-state index contributed by atoms with van der Waals surface area (Å²) in [7, 11) is 8.21. The van der Waals surface area contributed by atoms with E-state index in [1.54, 1.807) is 67.9 Å². The standard InChI is InChI=1S/C49H66N10O10S2.C46H58N4O9/c1-28(61)39(25-60)56-48(68)41-27-71-70-26-40(57-43(63)34(51)21-30-13-5-3-6-14-30)47(67)54-37(22-31-15-7-4-8-16-31)45(65)55-38(23-32-24-52-35-18-10-9-17-33(32)35)46(66)53-36(19-11-12-20-50)44(64)59-42(29(2)62)49(69)58-41;1-8-42(54)23-28-24-45(40(52)57-6,36-30(15-19-49(25-28)26-42)29-13-10-11-14-33(29)47-36)32-21-31-34(22-35(32)56-5)48(4)38-44(31)17-20-50-18-12-16-43(9-2,37(44)50)39(59-27(3)51)46(38,55)41(53)58-7/h3-10,13-18,24,28-29,34,36-42,52,60-62H,11-12,19-23,25-27,50-51H2,1-2H3,(H,53,66)(H,54,67)(H,55,65)(H,56,68)(H,57,63)(H,58,69)(H,59,64);10-14,16,21-22,28,37-39,47,54-55H,8-9,15,17-20,23-26H2,1-7H3/t28-,29?,34-,36+,37+,38-,39-,40+,41+,42+;28-,37-,38+,39+,42-,43+,44+,45-,46-/m10/s1. The molecule has 7 aromatic rings. The number of fused-ring (bicyclic) bond motifs is 7. The first-order valence-electron chi connectivity index (χ1n) is 44.7. The molecule has 2 bridgehead atoms. The third-order valence-corrected chi connectivity index (χ3v) is 29.9. The van der Waals surface area contributed by atoms with Gasteiger partial charge < -0.3 is 108 Å². The number of hydrogen-bond acceptors (Lipinski definition) is 26. The Morgan fingerprint density at radius 1 is 0.708 bits per heavy atom. The molecule has 1 aliphatic carbocycles. The Hall–Kier alpha value is -10.4. The fourth-order valence-electron chi connectivity index (χ4n) is 21.2. The van der Waals surface area contributed by atoms with Crippen molar-refractivity contribution in [2.45, 2.75) is 212 Å². The number of unbranched alkanes of at least 4 members (excludes halogenated alkanes) is 1. The molecule has 5 aromatic carbocycles. The lowest BCUT2D eigenvalue weighted by Gasteiger charge is -2.63. The molecule has 7 aliphatic rings. The van der Waals surface area contributed by atoms with Gasteiger partial charge in [0.1, 0.15) is 47.4 Å². The van der Waals surface area contributed by atoms with Crippen LogP contribution < -0.4 is 58.3 Å². The first kappa shape index (κ1) is 97.1. The molecule has 2 aromatic heterocycles. The molecule has 700 valence electrons. The van der Waals surface area contributed by atoms with Crippen molar-refractivity contribution in [2.75, 3.05) is 90.7 Å². The lowest BCUT2D eigenvalue weighted by atomic mass is 9.47. The summed E-state index contributed by atoms with van der Waals surface area (Å²) in [5.41, 5.74) is 13.4. The summed E-state index contributed by atoms with van der Waals surface area (Å²) < 4.78 is 23.9. The van der Waals surface area contributed by atoms with Crippen LogP contribution in [0.1, 0.15) is 125 Å². The van der Waals surface area contributed by atoms with E-state index >= 15 is 4.79 Å². The lowest BCUT2D eigenvalue weighted by Crippen LogP contribution is -2.81. The first-order valence-corrected chi connectivity index (χ1v) is 47.2. The van der Waals surface area contributed by atoms with Crippen LogP contribution in [0.3, 0.4) is 0 Å². The Morgan fingerprint density at radius 3 is 2.01 bits per heavy atom. The molecule has 0 radical (unpaired) electrons. The second-order valence-electron chi connectivity index (χ2n) is 35.7. The van der Waals surface area contributed by atoms with E-state index < -0.39 is 166 Å². The van der Waals surface area contributed by atoms with Gasteiger partial charge in [0.05, 0.1) is 63.9 Å². The van der Waals surface area contributed by atoms with Gasteiger partial charge in [-0.3, -0.25) is 53.0 Å². The maximum absolute atomic E-state index is 15.3. The number of nitrogens with one attached hydrogen (secondary N) is 9. The van der Waals surface area contributed by atoms with Crippen molar-refractivity contribution in [2.24, 2.45) is 22.8 Å². The molecule has 3 saturated heterocycles. The molecule has 8 heterocycles. The number of carbonyl (C=O) groups is 10. The van der Waals surface area contributed by atoms with Crippen LogP contribution in [0.4, 0.5) is 5.69 Å². The van der Waals surface area contributed by atoms with Gasteiger partial charge in [0, 0.05) is 132 Å². The van der Waals surface area contributed by atoms with Crippen molar-refractivity contribution in [3.05, 3.63) is 179 Å². The van der Waals surface area contributed by atoms with E-state index in [0.29, 0.717) is 107 Å². The number of aliphatic hydroxyl groups is 5. The average Bonchev–Trinajstić information content (AvgIpc) is 1.47. The molecule has 14 rings (SSSR count). The molecular weight excluding hydrogens is 1710 g/mol. The molecule has 1 saturated carbocycles. The van der Waals surface area contributed by atoms with Gasteiger partial charge in [-0.15, -0.1) is 0 Å². The summed E-state index contributed by atoms with van der Waals surface area (Å²) in [4.78, 5) is 156. The van der Waals surface area contributed by atoms with Crippen LogP contribution in [0, 0.1) is 11.3 Å². The van der Waals surface area contributed by atoms with E-state index in [-0.39, 0.29) is 55.7 Å². The van der Waals surface area contributed by atoms with Crippen LogP contribution in [-0.2, 0) is 98.7 Å². The van der Waals surface area contributed by atoms with Gasteiger partial charge in [0.25, 0.3) is 0 Å². The third kappa shape index (κ3) is 19.6. The highest BCUT2D eigenvalue weighted by atomic mass is 33.1. The average molecular weight is 1830 g/mol. The molecule has 1 spiro atoms. The number of aromatic amines is 2. The first-order chi connectivity index (χ1) is 62.3. The van der Waals surface area contributed by atoms with Gasteiger partial charge in [-0.2, -0.15) is 0 Å². The number of anilines is 1. The largest absolute Gasteiger partial charge is 0.496 e. The van der Waals surface area contributed by atoms with E-state index in [9.17, 15) is 68.7 Å². The zero-order valence-corrected chi connectivity index (χ0v) is 76.6. The van der Waals surface area contributed by atoms with Crippen molar-refractivity contribution in [3.8, 4) is 5.75 Å². The van der Waals surface area contributed by atoms with Crippen molar-refractivity contribution in [1.82, 2.24) is 57.0 Å². The summed E-state index contributed by atoms with van der Waals surface area (Å²) in [5, 5.41) is 76.8. The summed E-state index contributed by atoms with van der Waals surface area (Å²) in [6.07, 6.45) is 5.79. The van der Waals surface area contributed by atoms with Crippen LogP contribution in [0.25, 0.3) is 21.8 Å². The molecule has 4 fully saturated rings. The van der Waals surface area contributed by atoms with E-state index in [4.69, 9.17) is 30.4 Å². The van der Waals surface area contributed by atoms with Crippen LogP contribution >= 0.6 is 21.6 Å². The zero-order valence-electron chi connectivity index (χ0n) is 75.0. The number of esters is 3. The number of methoxy groups -OCH3 is 3. The number of hydrogen-bond donors (Lipinski definition) is 16. The summed E-state index contributed by atoms with van der Waals surface area (Å²) in [6, 6.07) is 25.6. The zero-order chi connectivity index (χ0) is 93.3. The molecule has 35 heteroatoms. The number of likely N-dealkylation sites (N-methyl/N-ethyl adjacent to an activating group) is 1. The number of nitrogens with two attached hydrogens (primary N) is 2. The fourth-order valence-corrected chi connectivity index (χ4v) is 23.6. The Kier molecular flexibility index (Phi) is 31.0. The number of piperidine rings is 1. The van der Waals surface area contributed by atoms with Crippen LogP contribution in [0.2, 0.25) is 0 Å². The number of benzene rings is 5. The molecular formula is C95H124N14O19S2. The SMILES string of the molecule is CC(O)[C@@H]1NC(=O)[C@H](CCCCN)NC(=O)[C@@H](Cc2c[nH]c3ccccc23)NC(=O)[C@H](Cc2ccccc2)NC(=O)[C@@H](NC(=O)[C@H](N)Cc2ccccc2)CSSC[C@@H](C(=O)N[C@H](CO)[C@@H](C)O)NC1=O.CC[C@]1(O)C[C@@H]2C[N@@](CCc3c([nH]c4ccccc34)[C@@](C(=O)OC)(c3cc4c(cc3OC)N(C)[C@H]3[C@@](O)(C(=O)OC)[C@H](OC(C)=O)[C@]5(CC)C=CCN6CC[C@]43[C@@H]65)C2)C1. The predicted molar refractivity (Wildman–Crippen MR) is 492 cm³/mol. The van der Waals surface area contributed by atoms with E-state index in [1.807, 2.05) is 80.4 Å². The highest BCUT2D eigenvalue weighted by Crippen LogP contribution is 2.68. The molecule has 6 aliphatic heterocycles. The smallest absolute Gasteiger partial charge is 0.344 e. The Bertz CT molecular complexity index is 5300. The summed E-state index contributed by atoms with van der Waals surface area (Å²) in [5.74, 6) is -7.57. The normalized spacial score (nSPS) is 29.2. The maximum atomic E-state index is 15.3. The Morgan fingerprint density at radius 2 is 1.35 bits per heavy atom. The van der Waals surface area contributed by atoms with Crippen molar-refractivity contribution >= 4 is 108 Å². The van der Waals surface area contributed by atoms with E-state index in [0.717, 1.165) is 71.5 Å². The number of rotatable bonds is 24. The van der Waals surface area contributed by atoms with Gasteiger partial charge in [-0.05, 0) is 143 Å². The second-order valence-corrected chi connectivity index (χ2v) is 38.2. The van der Waals surface area contributed by atoms with Crippen LogP contribution in [0.5, 0.6) is 5.75 Å². The minimum Gasteiger partial charge on any atom is -0.496 e. The fraction of sp³-hybridized carbons (Fsp3) is 0.516. The third-order valence-electron chi connectivity index (χ3n) is 27.4. The highest BCUT2D eigenvalue weighted by Gasteiger charge is 2.80. The van der Waals surface area contributed by atoms with Crippen LogP contribution in [0.15, 0.2) is 140 Å². The van der Waals surface area contributed by atoms with Crippen molar-refractivity contribution < 1.29 is 92.4 Å². The number of H-pyrrole nitrogens is 2. The maximum Gasteiger partial charge on any atom is 0.344 e. The monoisotopic (exact) mass is 1830 g/mol. The summed E-state index contributed by atoms with van der Waals surface area (Å²) in [6.45, 7) is 10.9. The Balaban J connectivity index is 0.000000225. The molecule has 20 atom stereocenters. The van der Waals surface area contributed by atoms with Gasteiger partial charge in [0.2, 0.25) is 47.0 Å². The number of carbonyl (C=O) groups excluding carboxylic acids is 10. The van der Waals surface area contributed by atoms with Crippen molar-refractivity contribution in [1.29, 1.82) is 0 Å². The molecule has 18 N–H and O–H groups in total.